The number of hydrogen-bond donors (Lipinski definition) is 0. The summed E-state index contributed by atoms with van der Waals surface area (Å²) in [7, 11) is 1.67. The Hall–Kier alpha value is -1.55. The number of amides is 1. The lowest BCUT2D eigenvalue weighted by molar-refractivity contribution is -0.132. The van der Waals surface area contributed by atoms with E-state index in [1.54, 1.807) is 7.11 Å². The lowest BCUT2D eigenvalue weighted by Gasteiger charge is -2.39. The monoisotopic (exact) mass is 307 g/mol. The molecule has 0 N–H and O–H groups in total. The fraction of sp³-hybridized carbons (Fsp3) is 0.611. The summed E-state index contributed by atoms with van der Waals surface area (Å²) in [5.74, 6) is 0.791. The van der Waals surface area contributed by atoms with E-state index in [1.807, 2.05) is 51.7 Å². The number of rotatable bonds is 4. The molecule has 0 saturated heterocycles. The number of carbonyl (C=O) groups is 1. The van der Waals surface area contributed by atoms with Gasteiger partial charge in [-0.15, -0.1) is 0 Å². The number of ether oxygens (including phenoxy) is 2. The van der Waals surface area contributed by atoms with E-state index in [0.717, 1.165) is 23.4 Å². The van der Waals surface area contributed by atoms with E-state index in [2.05, 4.69) is 6.92 Å². The van der Waals surface area contributed by atoms with E-state index in [-0.39, 0.29) is 5.91 Å². The first kappa shape index (κ1) is 18.5. The van der Waals surface area contributed by atoms with E-state index in [1.165, 1.54) is 5.56 Å². The topological polar surface area (TPSA) is 38.8 Å². The van der Waals surface area contributed by atoms with Gasteiger partial charge in [-0.3, -0.25) is 4.79 Å². The van der Waals surface area contributed by atoms with Crippen LogP contribution >= 0.6 is 0 Å². The number of hydrogen-bond acceptors (Lipinski definition) is 3. The minimum Gasteiger partial charge on any atom is -0.476 e. The molecular weight excluding hydrogens is 278 g/mol. The number of anilines is 1. The summed E-state index contributed by atoms with van der Waals surface area (Å²) >= 11 is 0. The maximum Gasteiger partial charge on any atom is 0.270 e. The van der Waals surface area contributed by atoms with E-state index in [9.17, 15) is 4.79 Å². The fourth-order valence-electron chi connectivity index (χ4n) is 2.41. The predicted molar refractivity (Wildman–Crippen MR) is 90.8 cm³/mol. The highest BCUT2D eigenvalue weighted by Crippen LogP contribution is 2.39. The van der Waals surface area contributed by atoms with E-state index < -0.39 is 5.60 Å². The van der Waals surface area contributed by atoms with E-state index in [0.29, 0.717) is 13.2 Å². The number of methoxy groups -OCH3 is 1. The van der Waals surface area contributed by atoms with Crippen molar-refractivity contribution in [3.63, 3.8) is 0 Å². The minimum atomic E-state index is -0.818. The molecule has 0 bridgehead atoms. The van der Waals surface area contributed by atoms with E-state index in [4.69, 9.17) is 9.47 Å². The van der Waals surface area contributed by atoms with Crippen molar-refractivity contribution in [3.05, 3.63) is 23.3 Å². The van der Waals surface area contributed by atoms with Crippen LogP contribution in [-0.2, 0) is 9.53 Å². The Balaban J connectivity index is 0.00000116. The molecule has 0 aromatic heterocycles. The van der Waals surface area contributed by atoms with Crippen LogP contribution < -0.4 is 9.64 Å². The Morgan fingerprint density at radius 2 is 1.77 bits per heavy atom. The summed E-state index contributed by atoms with van der Waals surface area (Å²) < 4.78 is 11.0. The average Bonchev–Trinajstić information content (AvgIpc) is 2.48. The van der Waals surface area contributed by atoms with Crippen molar-refractivity contribution < 1.29 is 14.3 Å². The molecule has 0 unspecified atom stereocenters. The highest BCUT2D eigenvalue weighted by Gasteiger charge is 2.40. The summed E-state index contributed by atoms with van der Waals surface area (Å²) in [5.41, 5.74) is 2.39. The Morgan fingerprint density at radius 3 is 2.36 bits per heavy atom. The molecule has 0 saturated carbocycles. The van der Waals surface area contributed by atoms with Crippen molar-refractivity contribution in [2.75, 3.05) is 25.2 Å². The first-order valence-electron chi connectivity index (χ1n) is 7.98. The van der Waals surface area contributed by atoms with Crippen LogP contribution in [0.3, 0.4) is 0 Å². The minimum absolute atomic E-state index is 0.00403. The molecule has 0 radical (unpaired) electrons. The average molecular weight is 307 g/mol. The van der Waals surface area contributed by atoms with E-state index >= 15 is 0 Å². The van der Waals surface area contributed by atoms with Crippen molar-refractivity contribution >= 4 is 11.6 Å². The molecule has 4 heteroatoms. The van der Waals surface area contributed by atoms with Gasteiger partial charge in [0.25, 0.3) is 5.91 Å². The standard InChI is InChI=1S/C16H23NO3.C2H6/c1-11-9-13-14(10-12(11)2)20-16(3,4)15(18)17(13)7-6-8-19-5;1-2/h9-10H,6-8H2,1-5H3;1-2H3. The van der Waals surface area contributed by atoms with Gasteiger partial charge in [-0.25, -0.2) is 0 Å². The Labute approximate surface area is 134 Å². The fourth-order valence-corrected chi connectivity index (χ4v) is 2.41. The van der Waals surface area contributed by atoms with Crippen molar-refractivity contribution in [1.82, 2.24) is 0 Å². The van der Waals surface area contributed by atoms with Crippen molar-refractivity contribution in [2.24, 2.45) is 0 Å². The number of fused-ring (bicyclic) bond motifs is 1. The lowest BCUT2D eigenvalue weighted by atomic mass is 10.0. The molecule has 0 aliphatic carbocycles. The first-order valence-corrected chi connectivity index (χ1v) is 7.98. The quantitative estimate of drug-likeness (QED) is 0.793. The number of nitrogens with zero attached hydrogens (tertiary/aromatic N) is 1. The zero-order valence-electron chi connectivity index (χ0n) is 14.9. The molecule has 1 aromatic rings. The molecule has 1 aromatic carbocycles. The molecular formula is C18H29NO3. The third-order valence-electron chi connectivity index (χ3n) is 3.72. The second-order valence-electron chi connectivity index (χ2n) is 5.82. The molecule has 2 rings (SSSR count). The molecule has 0 fully saturated rings. The van der Waals surface area contributed by atoms with Crippen LogP contribution in [0.25, 0.3) is 0 Å². The van der Waals surface area contributed by atoms with Crippen LogP contribution in [-0.4, -0.2) is 31.8 Å². The normalized spacial score (nSPS) is 15.6. The highest BCUT2D eigenvalue weighted by atomic mass is 16.5. The summed E-state index contributed by atoms with van der Waals surface area (Å²) in [6.07, 6.45) is 0.810. The maximum atomic E-state index is 12.6. The molecule has 1 amide bonds. The third-order valence-corrected chi connectivity index (χ3v) is 3.72. The molecule has 124 valence electrons. The smallest absolute Gasteiger partial charge is 0.270 e. The number of aryl methyl sites for hydroxylation is 2. The maximum absolute atomic E-state index is 12.6. The van der Waals surface area contributed by atoms with Crippen LogP contribution in [0.5, 0.6) is 5.75 Å². The van der Waals surface area contributed by atoms with Gasteiger partial charge >= 0.3 is 0 Å². The second kappa shape index (κ2) is 7.63. The van der Waals surface area contributed by atoms with Gasteiger partial charge in [-0.05, 0) is 57.4 Å². The van der Waals surface area contributed by atoms with Crippen molar-refractivity contribution in [1.29, 1.82) is 0 Å². The molecule has 0 atom stereocenters. The Morgan fingerprint density at radius 1 is 1.18 bits per heavy atom. The van der Waals surface area contributed by atoms with Crippen LogP contribution in [0, 0.1) is 13.8 Å². The number of benzene rings is 1. The van der Waals surface area contributed by atoms with Crippen molar-refractivity contribution in [3.8, 4) is 5.75 Å². The zero-order valence-corrected chi connectivity index (χ0v) is 14.9. The largest absolute Gasteiger partial charge is 0.476 e. The van der Waals surface area contributed by atoms with Crippen LogP contribution in [0.15, 0.2) is 12.1 Å². The van der Waals surface area contributed by atoms with Crippen molar-refractivity contribution in [2.45, 2.75) is 53.6 Å². The van der Waals surface area contributed by atoms with Crippen LogP contribution in [0.4, 0.5) is 5.69 Å². The third kappa shape index (κ3) is 3.80. The summed E-state index contributed by atoms with van der Waals surface area (Å²) in [5, 5.41) is 0. The van der Waals surface area contributed by atoms with Gasteiger partial charge in [0.1, 0.15) is 5.75 Å². The molecule has 1 aliphatic heterocycles. The van der Waals surface area contributed by atoms with Crippen LogP contribution in [0.1, 0.15) is 45.2 Å². The molecule has 1 aliphatic rings. The second-order valence-corrected chi connectivity index (χ2v) is 5.82. The lowest BCUT2D eigenvalue weighted by Crippen LogP contribution is -2.53. The SMILES string of the molecule is CC.COCCCN1C(=O)C(C)(C)Oc2cc(C)c(C)cc21. The van der Waals surface area contributed by atoms with Crippen LogP contribution in [0.2, 0.25) is 0 Å². The van der Waals surface area contributed by atoms with Gasteiger partial charge in [-0.2, -0.15) is 0 Å². The number of carbonyl (C=O) groups excluding carboxylic acids is 1. The zero-order chi connectivity index (χ0) is 16.9. The summed E-state index contributed by atoms with van der Waals surface area (Å²) in [6.45, 7) is 13.0. The van der Waals surface area contributed by atoms with Gasteiger partial charge in [0.05, 0.1) is 5.69 Å². The highest BCUT2D eigenvalue weighted by molar-refractivity contribution is 6.02. The molecule has 4 nitrogen and oxygen atoms in total. The Bertz CT molecular complexity index is 523. The molecule has 0 spiro atoms. The van der Waals surface area contributed by atoms with Gasteiger partial charge in [0.2, 0.25) is 0 Å². The molecule has 1 heterocycles. The first-order chi connectivity index (χ1) is 10.4. The van der Waals surface area contributed by atoms with Gasteiger partial charge < -0.3 is 14.4 Å². The summed E-state index contributed by atoms with van der Waals surface area (Å²) in [4.78, 5) is 14.4. The molecule has 22 heavy (non-hydrogen) atoms. The van der Waals surface area contributed by atoms with Gasteiger partial charge in [-0.1, -0.05) is 13.8 Å². The summed E-state index contributed by atoms with van der Waals surface area (Å²) in [6, 6.07) is 4.05. The van der Waals surface area contributed by atoms with Gasteiger partial charge in [0, 0.05) is 20.3 Å². The van der Waals surface area contributed by atoms with Gasteiger partial charge in [0.15, 0.2) is 5.60 Å². The Kier molecular flexibility index (Phi) is 6.42. The predicted octanol–water partition coefficient (Wildman–Crippen LogP) is 3.87.